The van der Waals surface area contributed by atoms with Crippen LogP contribution in [0, 0.1) is 29.1 Å². The first-order valence-corrected chi connectivity index (χ1v) is 8.44. The van der Waals surface area contributed by atoms with Crippen molar-refractivity contribution in [3.63, 3.8) is 0 Å². The van der Waals surface area contributed by atoms with E-state index < -0.39 is 44.8 Å². The van der Waals surface area contributed by atoms with Crippen molar-refractivity contribution >= 4 is 21.4 Å². The molecule has 2 N–H and O–H groups in total. The van der Waals surface area contributed by atoms with Gasteiger partial charge in [-0.2, -0.15) is 5.10 Å². The van der Waals surface area contributed by atoms with Gasteiger partial charge in [0.25, 0.3) is 0 Å². The normalized spacial score (nSPS) is 12.3. The highest BCUT2D eigenvalue weighted by Gasteiger charge is 2.25. The van der Waals surface area contributed by atoms with Crippen LogP contribution in [0.25, 0.3) is 0 Å². The van der Waals surface area contributed by atoms with Gasteiger partial charge in [0.1, 0.15) is 5.69 Å². The predicted molar refractivity (Wildman–Crippen MR) is 84.8 cm³/mol. The fraction of sp³-hybridized carbons (Fsp3) is 0.133. The van der Waals surface area contributed by atoms with Crippen LogP contribution in [0.5, 0.6) is 0 Å². The second-order valence-corrected chi connectivity index (χ2v) is 6.87. The summed E-state index contributed by atoms with van der Waals surface area (Å²) >= 11 is 0. The summed E-state index contributed by atoms with van der Waals surface area (Å²) in [6.07, 6.45) is 0. The summed E-state index contributed by atoms with van der Waals surface area (Å²) in [6, 6.07) is 5.25. The fourth-order valence-electron chi connectivity index (χ4n) is 1.90. The van der Waals surface area contributed by atoms with E-state index in [1.807, 2.05) is 0 Å². The zero-order chi connectivity index (χ0) is 19.6. The van der Waals surface area contributed by atoms with Gasteiger partial charge in [-0.15, -0.1) is 0 Å². The Kier molecular flexibility index (Phi) is 5.62. The van der Waals surface area contributed by atoms with E-state index in [0.29, 0.717) is 5.56 Å². The van der Waals surface area contributed by atoms with E-state index in [0.717, 1.165) is 0 Å². The molecule has 0 aliphatic carbocycles. The maximum Gasteiger partial charge on any atom is 0.240 e. The van der Waals surface area contributed by atoms with Crippen molar-refractivity contribution in [1.29, 1.82) is 0 Å². The van der Waals surface area contributed by atoms with Gasteiger partial charge in [0.15, 0.2) is 23.3 Å². The molecular formula is C15H12F5N3O2S. The SMILES string of the molecule is CNS(=O)(=O)c1ccc(/C(C)=N\Nc2c(F)c(F)c(F)c(F)c2F)cc1. The van der Waals surface area contributed by atoms with Crippen molar-refractivity contribution in [3.05, 3.63) is 58.9 Å². The van der Waals surface area contributed by atoms with E-state index in [9.17, 15) is 30.4 Å². The van der Waals surface area contributed by atoms with Crippen LogP contribution in [0.15, 0.2) is 34.3 Å². The molecule has 140 valence electrons. The highest BCUT2D eigenvalue weighted by Crippen LogP contribution is 2.27. The van der Waals surface area contributed by atoms with Crippen molar-refractivity contribution in [2.24, 2.45) is 5.10 Å². The molecule has 0 atom stereocenters. The summed E-state index contributed by atoms with van der Waals surface area (Å²) in [5.74, 6) is -10.6. The number of benzene rings is 2. The third kappa shape index (κ3) is 3.68. The molecule has 0 spiro atoms. The molecule has 0 unspecified atom stereocenters. The maximum absolute atomic E-state index is 13.6. The molecule has 5 nitrogen and oxygen atoms in total. The lowest BCUT2D eigenvalue weighted by molar-refractivity contribution is 0.381. The minimum Gasteiger partial charge on any atom is -0.272 e. The first-order valence-electron chi connectivity index (χ1n) is 6.96. The number of nitrogens with one attached hydrogen (secondary N) is 2. The average Bonchev–Trinajstić information content (AvgIpc) is 2.64. The zero-order valence-corrected chi connectivity index (χ0v) is 14.2. The second-order valence-electron chi connectivity index (χ2n) is 4.99. The molecule has 0 heterocycles. The van der Waals surface area contributed by atoms with E-state index in [2.05, 4.69) is 9.82 Å². The number of hydrogen-bond donors (Lipinski definition) is 2. The van der Waals surface area contributed by atoms with Gasteiger partial charge < -0.3 is 0 Å². The fourth-order valence-corrected chi connectivity index (χ4v) is 2.63. The zero-order valence-electron chi connectivity index (χ0n) is 13.4. The average molecular weight is 393 g/mol. The summed E-state index contributed by atoms with van der Waals surface area (Å²) in [6.45, 7) is 1.39. The molecule has 2 rings (SSSR count). The minimum atomic E-state index is -3.64. The number of hydrogen-bond acceptors (Lipinski definition) is 4. The molecular weight excluding hydrogens is 381 g/mol. The van der Waals surface area contributed by atoms with Gasteiger partial charge in [0, 0.05) is 0 Å². The van der Waals surface area contributed by atoms with Crippen LogP contribution >= 0.6 is 0 Å². The van der Waals surface area contributed by atoms with Crippen molar-refractivity contribution in [1.82, 2.24) is 4.72 Å². The van der Waals surface area contributed by atoms with Crippen LogP contribution in [0.4, 0.5) is 27.6 Å². The molecule has 0 amide bonds. The van der Waals surface area contributed by atoms with Crippen molar-refractivity contribution in [3.8, 4) is 0 Å². The van der Waals surface area contributed by atoms with Crippen LogP contribution in [0.1, 0.15) is 12.5 Å². The maximum atomic E-state index is 13.6. The monoisotopic (exact) mass is 393 g/mol. The lowest BCUT2D eigenvalue weighted by Crippen LogP contribution is -2.18. The first kappa shape index (κ1) is 19.8. The smallest absolute Gasteiger partial charge is 0.240 e. The van der Waals surface area contributed by atoms with Crippen LogP contribution in [-0.4, -0.2) is 21.2 Å². The van der Waals surface area contributed by atoms with E-state index in [1.165, 1.54) is 38.2 Å². The topological polar surface area (TPSA) is 70.6 Å². The Hall–Kier alpha value is -2.53. The summed E-state index contributed by atoms with van der Waals surface area (Å²) in [5.41, 5.74) is 0.980. The van der Waals surface area contributed by atoms with E-state index in [4.69, 9.17) is 0 Å². The number of nitrogens with zero attached hydrogens (tertiary/aromatic N) is 1. The number of anilines is 1. The van der Waals surface area contributed by atoms with Crippen LogP contribution < -0.4 is 10.1 Å². The van der Waals surface area contributed by atoms with Gasteiger partial charge in [-0.3, -0.25) is 5.43 Å². The molecule has 0 saturated heterocycles. The molecule has 0 aliphatic rings. The van der Waals surface area contributed by atoms with Gasteiger partial charge in [0.05, 0.1) is 10.6 Å². The summed E-state index contributed by atoms with van der Waals surface area (Å²) in [4.78, 5) is -0.0238. The molecule has 11 heteroatoms. The molecule has 0 fully saturated rings. The third-order valence-electron chi connectivity index (χ3n) is 3.40. The number of hydrazone groups is 1. The Morgan fingerprint density at radius 1 is 0.885 bits per heavy atom. The molecule has 0 aliphatic heterocycles. The largest absolute Gasteiger partial charge is 0.272 e. The van der Waals surface area contributed by atoms with Gasteiger partial charge in [0.2, 0.25) is 15.8 Å². The Bertz CT molecular complexity index is 947. The second kappa shape index (κ2) is 7.38. The Balaban J connectivity index is 2.32. The minimum absolute atomic E-state index is 0.0238. The number of rotatable bonds is 5. The van der Waals surface area contributed by atoms with Crippen LogP contribution in [0.3, 0.4) is 0 Å². The van der Waals surface area contributed by atoms with Crippen molar-refractivity contribution < 1.29 is 30.4 Å². The van der Waals surface area contributed by atoms with Gasteiger partial charge in [-0.05, 0) is 31.7 Å². The lowest BCUT2D eigenvalue weighted by atomic mass is 10.1. The highest BCUT2D eigenvalue weighted by molar-refractivity contribution is 7.89. The molecule has 0 radical (unpaired) electrons. The summed E-state index contributed by atoms with van der Waals surface area (Å²) < 4.78 is 91.7. The van der Waals surface area contributed by atoms with E-state index >= 15 is 0 Å². The number of sulfonamides is 1. The number of halogens is 5. The lowest BCUT2D eigenvalue weighted by Gasteiger charge is -2.09. The quantitative estimate of drug-likeness (QED) is 0.270. The standard InChI is InChI=1S/C15H12F5N3O2S/c1-7(8-3-5-9(6-4-8)26(24,25)21-2)22-23-15-13(19)11(17)10(16)12(18)14(15)20/h3-6,21,23H,1-2H3/b22-7-. The van der Waals surface area contributed by atoms with Gasteiger partial charge >= 0.3 is 0 Å². The molecule has 0 aromatic heterocycles. The molecule has 26 heavy (non-hydrogen) atoms. The van der Waals surface area contributed by atoms with E-state index in [1.54, 1.807) is 5.43 Å². The molecule has 0 saturated carbocycles. The van der Waals surface area contributed by atoms with Gasteiger partial charge in [-0.25, -0.2) is 35.1 Å². The Morgan fingerprint density at radius 2 is 1.35 bits per heavy atom. The van der Waals surface area contributed by atoms with Crippen LogP contribution in [0.2, 0.25) is 0 Å². The summed E-state index contributed by atoms with van der Waals surface area (Å²) in [5, 5.41) is 3.58. The highest BCUT2D eigenvalue weighted by atomic mass is 32.2. The Labute approximate surface area is 145 Å². The van der Waals surface area contributed by atoms with Crippen LogP contribution in [-0.2, 0) is 10.0 Å². The molecule has 2 aromatic rings. The van der Waals surface area contributed by atoms with E-state index in [-0.39, 0.29) is 10.6 Å². The summed E-state index contributed by atoms with van der Waals surface area (Å²) in [7, 11) is -2.40. The molecule has 0 bridgehead atoms. The predicted octanol–water partition coefficient (Wildman–Crippen LogP) is 3.13. The first-order chi connectivity index (χ1) is 12.1. The third-order valence-corrected chi connectivity index (χ3v) is 4.83. The van der Waals surface area contributed by atoms with Crippen molar-refractivity contribution in [2.75, 3.05) is 12.5 Å². The molecule has 2 aromatic carbocycles. The van der Waals surface area contributed by atoms with Crippen molar-refractivity contribution in [2.45, 2.75) is 11.8 Å². The Morgan fingerprint density at radius 3 is 1.81 bits per heavy atom. The van der Waals surface area contributed by atoms with Gasteiger partial charge in [-0.1, -0.05) is 12.1 Å².